The fraction of sp³-hybridized carbons (Fsp3) is 0.462. The molecule has 1 aromatic rings. The molecule has 0 saturated carbocycles. The number of ether oxygens (including phenoxy) is 1. The van der Waals surface area contributed by atoms with Gasteiger partial charge in [-0.15, -0.1) is 0 Å². The van der Waals surface area contributed by atoms with Crippen molar-refractivity contribution in [2.75, 3.05) is 19.8 Å². The Kier molecular flexibility index (Phi) is 4.74. The molecule has 0 radical (unpaired) electrons. The summed E-state index contributed by atoms with van der Waals surface area (Å²) < 4.78 is 6.29. The minimum absolute atomic E-state index is 0.0119. The van der Waals surface area contributed by atoms with Crippen LogP contribution < -0.4 is 10.6 Å². The summed E-state index contributed by atoms with van der Waals surface area (Å²) >= 11 is 3.43. The molecule has 1 unspecified atom stereocenters. The molecule has 1 saturated heterocycles. The van der Waals surface area contributed by atoms with Crippen LogP contribution in [-0.2, 0) is 9.53 Å². The smallest absolute Gasteiger partial charge is 0.240 e. The van der Waals surface area contributed by atoms with E-state index in [1.807, 2.05) is 31.2 Å². The Bertz CT molecular complexity index is 419. The first kappa shape index (κ1) is 13.5. The minimum atomic E-state index is -0.242. The summed E-state index contributed by atoms with van der Waals surface area (Å²) in [6.45, 7) is 3.81. The first-order chi connectivity index (χ1) is 8.66. The SMILES string of the molecule is C[C@H](NC(=O)C1COCCN1)c1cccc(Br)c1. The van der Waals surface area contributed by atoms with Gasteiger partial charge in [0.25, 0.3) is 0 Å². The van der Waals surface area contributed by atoms with Crippen LogP contribution in [0.25, 0.3) is 0 Å². The van der Waals surface area contributed by atoms with Crippen LogP contribution >= 0.6 is 15.9 Å². The average molecular weight is 313 g/mol. The van der Waals surface area contributed by atoms with Gasteiger partial charge in [0.1, 0.15) is 6.04 Å². The first-order valence-corrected chi connectivity index (χ1v) is 6.83. The highest BCUT2D eigenvalue weighted by atomic mass is 79.9. The van der Waals surface area contributed by atoms with Gasteiger partial charge in [-0.1, -0.05) is 28.1 Å². The molecule has 2 rings (SSSR count). The number of hydrogen-bond acceptors (Lipinski definition) is 3. The molecule has 98 valence electrons. The van der Waals surface area contributed by atoms with Gasteiger partial charge in [0.2, 0.25) is 5.91 Å². The topological polar surface area (TPSA) is 50.4 Å². The van der Waals surface area contributed by atoms with E-state index in [2.05, 4.69) is 26.6 Å². The number of nitrogens with one attached hydrogen (secondary N) is 2. The van der Waals surface area contributed by atoms with Crippen LogP contribution in [0.1, 0.15) is 18.5 Å². The lowest BCUT2D eigenvalue weighted by Crippen LogP contribution is -2.51. The Morgan fingerprint density at radius 3 is 3.11 bits per heavy atom. The van der Waals surface area contributed by atoms with Crippen LogP contribution in [0.3, 0.4) is 0 Å². The summed E-state index contributed by atoms with van der Waals surface area (Å²) in [4.78, 5) is 12.0. The van der Waals surface area contributed by atoms with E-state index in [1.165, 1.54) is 0 Å². The maximum atomic E-state index is 12.0. The predicted molar refractivity (Wildman–Crippen MR) is 73.3 cm³/mol. The highest BCUT2D eigenvalue weighted by Gasteiger charge is 2.22. The van der Waals surface area contributed by atoms with Gasteiger partial charge in [-0.25, -0.2) is 0 Å². The monoisotopic (exact) mass is 312 g/mol. The van der Waals surface area contributed by atoms with Crippen molar-refractivity contribution in [2.24, 2.45) is 0 Å². The Balaban J connectivity index is 1.94. The van der Waals surface area contributed by atoms with Crippen molar-refractivity contribution in [3.05, 3.63) is 34.3 Å². The van der Waals surface area contributed by atoms with Crippen molar-refractivity contribution in [3.8, 4) is 0 Å². The highest BCUT2D eigenvalue weighted by molar-refractivity contribution is 9.10. The third kappa shape index (κ3) is 3.54. The molecular formula is C13H17BrN2O2. The van der Waals surface area contributed by atoms with E-state index in [1.54, 1.807) is 0 Å². The molecule has 0 spiro atoms. The maximum Gasteiger partial charge on any atom is 0.240 e. The molecule has 1 amide bonds. The van der Waals surface area contributed by atoms with E-state index >= 15 is 0 Å². The molecule has 1 heterocycles. The number of rotatable bonds is 3. The summed E-state index contributed by atoms with van der Waals surface area (Å²) in [5.41, 5.74) is 1.08. The van der Waals surface area contributed by atoms with Gasteiger partial charge in [-0.3, -0.25) is 4.79 Å². The van der Waals surface area contributed by atoms with Gasteiger partial charge in [0.05, 0.1) is 19.3 Å². The molecule has 0 aromatic heterocycles. The van der Waals surface area contributed by atoms with Crippen molar-refractivity contribution < 1.29 is 9.53 Å². The zero-order valence-corrected chi connectivity index (χ0v) is 11.9. The first-order valence-electron chi connectivity index (χ1n) is 6.04. The van der Waals surface area contributed by atoms with Crippen LogP contribution in [0.5, 0.6) is 0 Å². The largest absolute Gasteiger partial charge is 0.378 e. The van der Waals surface area contributed by atoms with Crippen molar-refractivity contribution in [2.45, 2.75) is 19.0 Å². The maximum absolute atomic E-state index is 12.0. The second-order valence-electron chi connectivity index (χ2n) is 4.37. The van der Waals surface area contributed by atoms with Crippen LogP contribution in [0, 0.1) is 0 Å². The molecule has 1 aliphatic rings. The molecule has 2 N–H and O–H groups in total. The Morgan fingerprint density at radius 2 is 2.44 bits per heavy atom. The van der Waals surface area contributed by atoms with Gasteiger partial charge in [0, 0.05) is 11.0 Å². The lowest BCUT2D eigenvalue weighted by molar-refractivity contribution is -0.126. The molecular weight excluding hydrogens is 296 g/mol. The zero-order chi connectivity index (χ0) is 13.0. The van der Waals surface area contributed by atoms with Crippen LogP contribution in [0.15, 0.2) is 28.7 Å². The molecule has 18 heavy (non-hydrogen) atoms. The van der Waals surface area contributed by atoms with Gasteiger partial charge < -0.3 is 15.4 Å². The van der Waals surface area contributed by atoms with E-state index in [0.29, 0.717) is 13.2 Å². The predicted octanol–water partition coefficient (Wildman–Crippen LogP) is 1.61. The summed E-state index contributed by atoms with van der Waals surface area (Å²) in [6.07, 6.45) is 0. The number of amides is 1. The molecule has 4 nitrogen and oxygen atoms in total. The fourth-order valence-corrected chi connectivity index (χ4v) is 2.32. The van der Waals surface area contributed by atoms with Crippen molar-refractivity contribution in [1.29, 1.82) is 0 Å². The average Bonchev–Trinajstić information content (AvgIpc) is 2.39. The standard InChI is InChI=1S/C13H17BrN2O2/c1-9(10-3-2-4-11(14)7-10)16-13(17)12-8-18-6-5-15-12/h2-4,7,9,12,15H,5-6,8H2,1H3,(H,16,17)/t9-,12?/m0/s1. The second kappa shape index (κ2) is 6.31. The van der Waals surface area contributed by atoms with E-state index < -0.39 is 0 Å². The van der Waals surface area contributed by atoms with E-state index in [4.69, 9.17) is 4.74 Å². The molecule has 0 aliphatic carbocycles. The van der Waals surface area contributed by atoms with Crippen molar-refractivity contribution in [1.82, 2.24) is 10.6 Å². The Morgan fingerprint density at radius 1 is 1.61 bits per heavy atom. The molecule has 2 atom stereocenters. The van der Waals surface area contributed by atoms with Crippen molar-refractivity contribution in [3.63, 3.8) is 0 Å². The summed E-state index contributed by atoms with van der Waals surface area (Å²) in [5.74, 6) is -0.0119. The fourth-order valence-electron chi connectivity index (χ4n) is 1.91. The van der Waals surface area contributed by atoms with Gasteiger partial charge in [0.15, 0.2) is 0 Å². The third-order valence-electron chi connectivity index (χ3n) is 2.95. The van der Waals surface area contributed by atoms with E-state index in [0.717, 1.165) is 16.6 Å². The van der Waals surface area contributed by atoms with Gasteiger partial charge >= 0.3 is 0 Å². The molecule has 1 aliphatic heterocycles. The lowest BCUT2D eigenvalue weighted by Gasteiger charge is -2.25. The number of carbonyl (C=O) groups excluding carboxylic acids is 1. The molecule has 5 heteroatoms. The molecule has 1 aromatic carbocycles. The van der Waals surface area contributed by atoms with Crippen LogP contribution in [0.4, 0.5) is 0 Å². The highest BCUT2D eigenvalue weighted by Crippen LogP contribution is 2.17. The normalized spacial score (nSPS) is 21.3. The Hall–Kier alpha value is -0.910. The van der Waals surface area contributed by atoms with Gasteiger partial charge in [-0.2, -0.15) is 0 Å². The summed E-state index contributed by atoms with van der Waals surface area (Å²) in [7, 11) is 0. The molecule has 1 fully saturated rings. The van der Waals surface area contributed by atoms with Crippen LogP contribution in [0.2, 0.25) is 0 Å². The van der Waals surface area contributed by atoms with E-state index in [-0.39, 0.29) is 18.0 Å². The number of benzene rings is 1. The Labute approximate surface area is 115 Å². The van der Waals surface area contributed by atoms with Crippen LogP contribution in [-0.4, -0.2) is 31.7 Å². The quantitative estimate of drug-likeness (QED) is 0.891. The zero-order valence-electron chi connectivity index (χ0n) is 10.3. The second-order valence-corrected chi connectivity index (χ2v) is 5.28. The summed E-state index contributed by atoms with van der Waals surface area (Å²) in [5, 5.41) is 6.13. The minimum Gasteiger partial charge on any atom is -0.378 e. The number of carbonyl (C=O) groups is 1. The number of halogens is 1. The van der Waals surface area contributed by atoms with Crippen molar-refractivity contribution >= 4 is 21.8 Å². The molecule has 0 bridgehead atoms. The number of hydrogen-bond donors (Lipinski definition) is 2. The third-order valence-corrected chi connectivity index (χ3v) is 3.44. The lowest BCUT2D eigenvalue weighted by atomic mass is 10.1. The summed E-state index contributed by atoms with van der Waals surface area (Å²) in [6, 6.07) is 7.68. The van der Waals surface area contributed by atoms with Gasteiger partial charge in [-0.05, 0) is 24.6 Å². The van der Waals surface area contributed by atoms with E-state index in [9.17, 15) is 4.79 Å². The number of morpholine rings is 1.